The number of aromatic amines is 1. The molecule has 0 bridgehead atoms. The average molecular weight is 411 g/mol. The van der Waals surface area contributed by atoms with Crippen LogP contribution in [0.15, 0.2) is 16.6 Å². The van der Waals surface area contributed by atoms with Crippen molar-refractivity contribution in [2.75, 3.05) is 0 Å². The molecule has 0 atom stereocenters. The third kappa shape index (κ3) is 2.32. The lowest BCUT2D eigenvalue weighted by Crippen LogP contribution is -2.12. The number of amides is 1. The number of aromatic nitrogens is 3. The van der Waals surface area contributed by atoms with Gasteiger partial charge in [0.1, 0.15) is 11.5 Å². The van der Waals surface area contributed by atoms with Crippen LogP contribution in [0, 0.1) is 9.39 Å². The summed E-state index contributed by atoms with van der Waals surface area (Å²) in [4.78, 5) is 11.1. The first-order valence-electron chi connectivity index (χ1n) is 4.36. The van der Waals surface area contributed by atoms with Crippen molar-refractivity contribution >= 4 is 44.4 Å². The summed E-state index contributed by atoms with van der Waals surface area (Å²) in [5, 5.41) is 9.73. The Bertz CT molecular complexity index is 601. The Morgan fingerprint density at radius 2 is 2.18 bits per heavy atom. The van der Waals surface area contributed by atoms with Crippen LogP contribution < -0.4 is 5.73 Å². The molecule has 1 aromatic heterocycles. The number of nitrogens with two attached hydrogens (primary N) is 1. The van der Waals surface area contributed by atoms with Gasteiger partial charge in [-0.05, 0) is 34.7 Å². The predicted octanol–water partition coefficient (Wildman–Crippen LogP) is 2.08. The van der Waals surface area contributed by atoms with Crippen molar-refractivity contribution in [1.82, 2.24) is 15.4 Å². The summed E-state index contributed by atoms with van der Waals surface area (Å²) in [6, 6.07) is 2.86. The zero-order chi connectivity index (χ0) is 12.6. The standard InChI is InChI=1S/C9H5BrFIN4O/c10-4-2-6(12)5(11)1-3(4)7-8(9(13)17)15-16-14-7/h1-2H,(H2,13,17)(H,14,15,16). The fraction of sp³-hybridized carbons (Fsp3) is 0. The van der Waals surface area contributed by atoms with Crippen molar-refractivity contribution in [2.45, 2.75) is 0 Å². The maximum Gasteiger partial charge on any atom is 0.271 e. The number of hydrogen-bond acceptors (Lipinski definition) is 3. The van der Waals surface area contributed by atoms with E-state index in [0.717, 1.165) is 0 Å². The van der Waals surface area contributed by atoms with Gasteiger partial charge in [0.2, 0.25) is 0 Å². The van der Waals surface area contributed by atoms with Crippen LogP contribution in [0.1, 0.15) is 10.5 Å². The molecule has 0 aliphatic carbocycles. The maximum absolute atomic E-state index is 13.5. The molecule has 88 valence electrons. The van der Waals surface area contributed by atoms with Gasteiger partial charge in [0, 0.05) is 13.6 Å². The van der Waals surface area contributed by atoms with Crippen LogP contribution in [0.2, 0.25) is 0 Å². The summed E-state index contributed by atoms with van der Waals surface area (Å²) in [5.74, 6) is -1.12. The summed E-state index contributed by atoms with van der Waals surface area (Å²) >= 11 is 5.15. The van der Waals surface area contributed by atoms with Gasteiger partial charge >= 0.3 is 0 Å². The molecular weight excluding hydrogens is 406 g/mol. The molecule has 0 radical (unpaired) electrons. The lowest BCUT2D eigenvalue weighted by atomic mass is 10.1. The summed E-state index contributed by atoms with van der Waals surface area (Å²) in [6.45, 7) is 0. The number of carbonyl (C=O) groups excluding carboxylic acids is 1. The van der Waals surface area contributed by atoms with Crippen LogP contribution in [0.25, 0.3) is 11.3 Å². The SMILES string of the molecule is NC(=O)c1n[nH]nc1-c1cc(F)c(I)cc1Br. The van der Waals surface area contributed by atoms with Gasteiger partial charge in [-0.2, -0.15) is 15.4 Å². The van der Waals surface area contributed by atoms with Gasteiger partial charge in [0.15, 0.2) is 5.69 Å². The van der Waals surface area contributed by atoms with E-state index in [9.17, 15) is 9.18 Å². The molecular formula is C9H5BrFIN4O. The van der Waals surface area contributed by atoms with Crippen molar-refractivity contribution in [3.05, 3.63) is 31.7 Å². The fourth-order valence-corrected chi connectivity index (χ4v) is 2.72. The van der Waals surface area contributed by atoms with Crippen molar-refractivity contribution in [2.24, 2.45) is 5.73 Å². The summed E-state index contributed by atoms with van der Waals surface area (Å²) in [5.41, 5.74) is 5.76. The van der Waals surface area contributed by atoms with E-state index in [0.29, 0.717) is 13.6 Å². The van der Waals surface area contributed by atoms with Gasteiger partial charge in [-0.3, -0.25) is 4.79 Å². The third-order valence-corrected chi connectivity index (χ3v) is 3.53. The Balaban J connectivity index is 2.64. The number of hydrogen-bond donors (Lipinski definition) is 2. The zero-order valence-electron chi connectivity index (χ0n) is 8.17. The maximum atomic E-state index is 13.5. The lowest BCUT2D eigenvalue weighted by molar-refractivity contribution is 0.0996. The number of benzene rings is 1. The van der Waals surface area contributed by atoms with Gasteiger partial charge in [-0.15, -0.1) is 0 Å². The molecule has 1 aromatic carbocycles. The molecule has 1 amide bonds. The Kier molecular flexibility index (Phi) is 3.43. The summed E-state index contributed by atoms with van der Waals surface area (Å²) < 4.78 is 14.6. The molecule has 1 heterocycles. The second-order valence-corrected chi connectivity index (χ2v) is 5.15. The zero-order valence-corrected chi connectivity index (χ0v) is 11.9. The van der Waals surface area contributed by atoms with Gasteiger partial charge in [0.05, 0.1) is 0 Å². The lowest BCUT2D eigenvalue weighted by Gasteiger charge is -2.03. The number of H-pyrrole nitrogens is 1. The van der Waals surface area contributed by atoms with Crippen LogP contribution in [0.3, 0.4) is 0 Å². The first kappa shape index (κ1) is 12.4. The minimum absolute atomic E-state index is 0.0219. The van der Waals surface area contributed by atoms with E-state index in [1.807, 2.05) is 22.6 Å². The number of rotatable bonds is 2. The van der Waals surface area contributed by atoms with E-state index >= 15 is 0 Å². The highest BCUT2D eigenvalue weighted by Crippen LogP contribution is 2.31. The van der Waals surface area contributed by atoms with Gasteiger partial charge < -0.3 is 5.73 Å². The highest BCUT2D eigenvalue weighted by Gasteiger charge is 2.18. The van der Waals surface area contributed by atoms with Gasteiger partial charge in [-0.25, -0.2) is 4.39 Å². The van der Waals surface area contributed by atoms with Crippen LogP contribution in [0.4, 0.5) is 4.39 Å². The monoisotopic (exact) mass is 410 g/mol. The van der Waals surface area contributed by atoms with Gasteiger partial charge in [0.25, 0.3) is 5.91 Å². The topological polar surface area (TPSA) is 84.7 Å². The van der Waals surface area contributed by atoms with E-state index in [1.54, 1.807) is 6.07 Å². The van der Waals surface area contributed by atoms with E-state index in [-0.39, 0.29) is 11.4 Å². The second kappa shape index (κ2) is 4.69. The molecule has 0 unspecified atom stereocenters. The number of nitrogens with one attached hydrogen (secondary N) is 1. The highest BCUT2D eigenvalue weighted by molar-refractivity contribution is 14.1. The minimum atomic E-state index is -0.723. The normalized spacial score (nSPS) is 10.5. The molecule has 2 aromatic rings. The quantitative estimate of drug-likeness (QED) is 0.587. The molecule has 3 N–H and O–H groups in total. The van der Waals surface area contributed by atoms with Gasteiger partial charge in [-0.1, -0.05) is 15.9 Å². The molecule has 0 fully saturated rings. The molecule has 0 aliphatic rings. The number of halogens is 3. The Morgan fingerprint density at radius 1 is 1.47 bits per heavy atom. The minimum Gasteiger partial charge on any atom is -0.364 e. The smallest absolute Gasteiger partial charge is 0.271 e. The third-order valence-electron chi connectivity index (χ3n) is 2.05. The highest BCUT2D eigenvalue weighted by atomic mass is 127. The van der Waals surface area contributed by atoms with Crippen molar-refractivity contribution in [3.63, 3.8) is 0 Å². The first-order valence-corrected chi connectivity index (χ1v) is 6.23. The molecule has 2 rings (SSSR count). The van der Waals surface area contributed by atoms with E-state index in [2.05, 4.69) is 31.3 Å². The molecule has 0 spiro atoms. The largest absolute Gasteiger partial charge is 0.364 e. The Morgan fingerprint density at radius 3 is 2.82 bits per heavy atom. The predicted molar refractivity (Wildman–Crippen MR) is 70.7 cm³/mol. The average Bonchev–Trinajstić information content (AvgIpc) is 2.72. The van der Waals surface area contributed by atoms with Crippen molar-refractivity contribution < 1.29 is 9.18 Å². The molecule has 0 saturated heterocycles. The number of nitrogens with zero attached hydrogens (tertiary/aromatic N) is 2. The number of carbonyl (C=O) groups is 1. The second-order valence-electron chi connectivity index (χ2n) is 3.13. The summed E-state index contributed by atoms with van der Waals surface area (Å²) in [6.07, 6.45) is 0. The van der Waals surface area contributed by atoms with E-state index < -0.39 is 11.7 Å². The van der Waals surface area contributed by atoms with Crippen LogP contribution in [-0.4, -0.2) is 21.3 Å². The van der Waals surface area contributed by atoms with Crippen molar-refractivity contribution in [1.29, 1.82) is 0 Å². The molecule has 5 nitrogen and oxygen atoms in total. The van der Waals surface area contributed by atoms with Crippen LogP contribution in [-0.2, 0) is 0 Å². The molecule has 0 aliphatic heterocycles. The van der Waals surface area contributed by atoms with Crippen LogP contribution >= 0.6 is 38.5 Å². The first-order chi connectivity index (χ1) is 8.00. The molecule has 0 saturated carbocycles. The van der Waals surface area contributed by atoms with E-state index in [4.69, 9.17) is 5.73 Å². The van der Waals surface area contributed by atoms with Crippen LogP contribution in [0.5, 0.6) is 0 Å². The van der Waals surface area contributed by atoms with E-state index in [1.165, 1.54) is 6.07 Å². The van der Waals surface area contributed by atoms with Crippen molar-refractivity contribution in [3.8, 4) is 11.3 Å². The molecule has 17 heavy (non-hydrogen) atoms. The molecule has 8 heteroatoms. The fourth-order valence-electron chi connectivity index (χ4n) is 1.29. The number of primary amides is 1. The summed E-state index contributed by atoms with van der Waals surface area (Å²) in [7, 11) is 0. The Hall–Kier alpha value is -1.03. The Labute approximate surface area is 117 Å².